The van der Waals surface area contributed by atoms with Gasteiger partial charge < -0.3 is 40.3 Å². The lowest BCUT2D eigenvalue weighted by atomic mass is 9.99. The van der Waals surface area contributed by atoms with Crippen LogP contribution in [0.1, 0.15) is 213 Å². The highest BCUT2D eigenvalue weighted by Crippen LogP contribution is 2.23. The number of unbranched alkanes of at least 4 members (excludes halogenated alkanes) is 19. The number of carbonyl (C=O) groups excluding carboxylic acids is 1. The van der Waals surface area contributed by atoms with Crippen LogP contribution in [0.3, 0.4) is 0 Å². The molecule has 7 unspecified atom stereocenters. The average Bonchev–Trinajstić information content (AvgIpc) is 3.34. The van der Waals surface area contributed by atoms with Crippen LogP contribution in [0.5, 0.6) is 0 Å². The Morgan fingerprint density at radius 1 is 0.515 bits per heavy atom. The second-order valence-corrected chi connectivity index (χ2v) is 18.6. The fourth-order valence-corrected chi connectivity index (χ4v) is 8.12. The minimum absolute atomic E-state index is 0.143. The van der Waals surface area contributed by atoms with Gasteiger partial charge in [0.1, 0.15) is 24.4 Å². The van der Waals surface area contributed by atoms with Crippen LogP contribution in [0.4, 0.5) is 0 Å². The number of hydrogen-bond acceptors (Lipinski definition) is 8. The first kappa shape index (κ1) is 63.1. The van der Waals surface area contributed by atoms with Gasteiger partial charge in [-0.1, -0.05) is 227 Å². The third-order valence-electron chi connectivity index (χ3n) is 12.5. The van der Waals surface area contributed by atoms with E-state index in [0.717, 1.165) is 89.9 Å². The maximum atomic E-state index is 13.0. The molecule has 1 aliphatic heterocycles. The molecule has 0 aromatic rings. The first-order valence-electron chi connectivity index (χ1n) is 27.4. The summed E-state index contributed by atoms with van der Waals surface area (Å²) in [6.07, 6.45) is 61.7. The molecule has 1 amide bonds. The quantitative estimate of drug-likeness (QED) is 0.0261. The summed E-state index contributed by atoms with van der Waals surface area (Å²) in [7, 11) is 0. The summed E-state index contributed by atoms with van der Waals surface area (Å²) in [5.41, 5.74) is 0. The summed E-state index contributed by atoms with van der Waals surface area (Å²) in [5, 5.41) is 54.3. The largest absolute Gasteiger partial charge is 0.394 e. The van der Waals surface area contributed by atoms with Crippen LogP contribution in [0.2, 0.25) is 0 Å². The predicted molar refractivity (Wildman–Crippen MR) is 285 cm³/mol. The van der Waals surface area contributed by atoms with Crippen molar-refractivity contribution in [1.82, 2.24) is 5.32 Å². The molecule has 7 atom stereocenters. The van der Waals surface area contributed by atoms with Crippen molar-refractivity contribution >= 4 is 5.91 Å². The zero-order valence-electron chi connectivity index (χ0n) is 43.1. The van der Waals surface area contributed by atoms with Crippen LogP contribution in [0.25, 0.3) is 0 Å². The minimum Gasteiger partial charge on any atom is -0.394 e. The van der Waals surface area contributed by atoms with Crippen LogP contribution in [0, 0.1) is 0 Å². The molecule has 0 aliphatic carbocycles. The van der Waals surface area contributed by atoms with Crippen molar-refractivity contribution in [2.24, 2.45) is 0 Å². The second-order valence-electron chi connectivity index (χ2n) is 18.6. The Morgan fingerprint density at radius 3 is 1.35 bits per heavy atom. The van der Waals surface area contributed by atoms with Crippen LogP contribution in [-0.4, -0.2) is 87.5 Å². The smallest absolute Gasteiger partial charge is 0.220 e. The maximum Gasteiger partial charge on any atom is 0.220 e. The molecule has 0 saturated carbocycles. The van der Waals surface area contributed by atoms with Gasteiger partial charge in [0, 0.05) is 6.42 Å². The molecule has 390 valence electrons. The van der Waals surface area contributed by atoms with E-state index in [-0.39, 0.29) is 12.5 Å². The number of hydrogen-bond donors (Lipinski definition) is 6. The molecule has 9 heteroatoms. The van der Waals surface area contributed by atoms with Gasteiger partial charge in [0.05, 0.1) is 25.4 Å². The fraction of sp³-hybridized carbons (Fsp3) is 0.712. The third-order valence-corrected chi connectivity index (χ3v) is 12.5. The van der Waals surface area contributed by atoms with E-state index < -0.39 is 49.5 Å². The van der Waals surface area contributed by atoms with Crippen molar-refractivity contribution in [1.29, 1.82) is 0 Å². The highest BCUT2D eigenvalue weighted by molar-refractivity contribution is 5.76. The number of allylic oxidation sites excluding steroid dienone is 16. The van der Waals surface area contributed by atoms with Gasteiger partial charge in [0.15, 0.2) is 6.29 Å². The van der Waals surface area contributed by atoms with E-state index in [1.165, 1.54) is 96.3 Å². The van der Waals surface area contributed by atoms with Crippen molar-refractivity contribution in [3.8, 4) is 0 Å². The lowest BCUT2D eigenvalue weighted by Gasteiger charge is -2.40. The topological polar surface area (TPSA) is 149 Å². The number of ether oxygens (including phenoxy) is 2. The Bertz CT molecular complexity index is 1380. The molecule has 1 heterocycles. The summed E-state index contributed by atoms with van der Waals surface area (Å²) in [4.78, 5) is 13.0. The molecular formula is C59H101NO8. The summed E-state index contributed by atoms with van der Waals surface area (Å²) >= 11 is 0. The van der Waals surface area contributed by atoms with Crippen molar-refractivity contribution in [2.45, 2.75) is 256 Å². The lowest BCUT2D eigenvalue weighted by molar-refractivity contribution is -0.302. The molecule has 1 fully saturated rings. The molecule has 0 bridgehead atoms. The van der Waals surface area contributed by atoms with E-state index in [9.17, 15) is 30.3 Å². The molecular weight excluding hydrogens is 851 g/mol. The molecule has 1 rings (SSSR count). The van der Waals surface area contributed by atoms with Gasteiger partial charge >= 0.3 is 0 Å². The van der Waals surface area contributed by atoms with Gasteiger partial charge in [0.2, 0.25) is 5.91 Å². The number of nitrogens with one attached hydrogen (secondary N) is 1. The number of aliphatic hydroxyl groups excluding tert-OH is 5. The zero-order valence-corrected chi connectivity index (χ0v) is 43.1. The van der Waals surface area contributed by atoms with Gasteiger partial charge in [0.25, 0.3) is 0 Å². The maximum absolute atomic E-state index is 13.0. The third kappa shape index (κ3) is 37.0. The highest BCUT2D eigenvalue weighted by atomic mass is 16.7. The molecule has 9 nitrogen and oxygen atoms in total. The zero-order chi connectivity index (χ0) is 49.4. The van der Waals surface area contributed by atoms with Crippen molar-refractivity contribution in [3.63, 3.8) is 0 Å². The van der Waals surface area contributed by atoms with Gasteiger partial charge in [-0.05, 0) is 77.0 Å². The first-order chi connectivity index (χ1) is 33.3. The number of aliphatic hydroxyl groups is 5. The molecule has 0 spiro atoms. The highest BCUT2D eigenvalue weighted by Gasteiger charge is 2.44. The first-order valence-corrected chi connectivity index (χ1v) is 27.4. The van der Waals surface area contributed by atoms with Crippen LogP contribution in [-0.2, 0) is 14.3 Å². The second kappa shape index (κ2) is 47.8. The van der Waals surface area contributed by atoms with Crippen molar-refractivity contribution in [3.05, 3.63) is 97.2 Å². The summed E-state index contributed by atoms with van der Waals surface area (Å²) in [6.45, 7) is 3.67. The lowest BCUT2D eigenvalue weighted by Crippen LogP contribution is -2.60. The number of rotatable bonds is 45. The minimum atomic E-state index is -1.56. The molecule has 0 radical (unpaired) electrons. The molecule has 1 saturated heterocycles. The Balaban J connectivity index is 2.08. The Hall–Kier alpha value is -2.89. The number of carbonyl (C=O) groups is 1. The van der Waals surface area contributed by atoms with E-state index >= 15 is 0 Å². The summed E-state index contributed by atoms with van der Waals surface area (Å²) in [6, 6.07) is -0.722. The average molecular weight is 952 g/mol. The van der Waals surface area contributed by atoms with Gasteiger partial charge in [-0.25, -0.2) is 0 Å². The van der Waals surface area contributed by atoms with Crippen molar-refractivity contribution in [2.75, 3.05) is 13.2 Å². The number of amides is 1. The standard InChI is InChI=1S/C59H101NO8/c1-3-5-7-9-11-13-14-15-16-17-18-19-20-21-22-23-24-25-26-27-28-29-30-31-32-33-34-35-36-37-38-39-40-41-43-45-47-49-55(63)60-52(53(62)48-46-44-42-12-10-8-6-4-2)51-67-59-58(66)57(65)56(64)54(50-61)68-59/h5,7,11,13,15-16,18-19,21-22,24-25,27-28,30-31,52-54,56-59,61-62,64-66H,3-4,6,8-10,12,14,17,20,23,26,29,32-51H2,1-2H3,(H,60,63)/b7-5-,13-11-,16-15-,19-18-,22-21-,25-24-,28-27-,31-30-. The van der Waals surface area contributed by atoms with E-state index in [1.54, 1.807) is 0 Å². The Labute approximate surface area is 415 Å². The normalized spacial score (nSPS) is 20.4. The van der Waals surface area contributed by atoms with Crippen LogP contribution >= 0.6 is 0 Å². The predicted octanol–water partition coefficient (Wildman–Crippen LogP) is 13.2. The van der Waals surface area contributed by atoms with E-state index in [2.05, 4.69) is 116 Å². The van der Waals surface area contributed by atoms with Gasteiger partial charge in [-0.3, -0.25) is 4.79 Å². The molecule has 1 aliphatic rings. The van der Waals surface area contributed by atoms with Crippen LogP contribution < -0.4 is 5.32 Å². The van der Waals surface area contributed by atoms with E-state index in [0.29, 0.717) is 12.8 Å². The van der Waals surface area contributed by atoms with Crippen molar-refractivity contribution < 1.29 is 39.8 Å². The van der Waals surface area contributed by atoms with Gasteiger partial charge in [-0.15, -0.1) is 0 Å². The molecule has 6 N–H and O–H groups in total. The Morgan fingerprint density at radius 2 is 0.912 bits per heavy atom. The molecule has 68 heavy (non-hydrogen) atoms. The summed E-state index contributed by atoms with van der Waals surface area (Å²) in [5.74, 6) is -0.154. The van der Waals surface area contributed by atoms with Gasteiger partial charge in [-0.2, -0.15) is 0 Å². The van der Waals surface area contributed by atoms with E-state index in [1.807, 2.05) is 0 Å². The van der Waals surface area contributed by atoms with E-state index in [4.69, 9.17) is 9.47 Å². The van der Waals surface area contributed by atoms with Crippen LogP contribution in [0.15, 0.2) is 97.2 Å². The molecule has 0 aromatic heterocycles. The Kier molecular flexibility index (Phi) is 44.3. The monoisotopic (exact) mass is 952 g/mol. The SMILES string of the molecule is CC/C=C\C/C=C\C/C=C\C/C=C\C/C=C\C/C=C\C/C=C\C/C=C\CCCCCCCCCCCCCCC(=O)NC(COC1OC(CO)C(O)C(O)C1O)C(O)CCCCCCCCCC. The molecule has 0 aromatic carbocycles. The fourth-order valence-electron chi connectivity index (χ4n) is 8.12. The summed E-state index contributed by atoms with van der Waals surface area (Å²) < 4.78 is 11.2.